The molecule has 1 fully saturated rings. The minimum Gasteiger partial charge on any atom is -0.496 e. The number of tetrazole rings is 1. The van der Waals surface area contributed by atoms with Gasteiger partial charge in [0.25, 0.3) is 0 Å². The average Bonchev–Trinajstić information content (AvgIpc) is 3.18. The third-order valence-corrected chi connectivity index (χ3v) is 5.31. The first-order valence-electron chi connectivity index (χ1n) is 9.70. The van der Waals surface area contributed by atoms with Gasteiger partial charge in [0.05, 0.1) is 12.8 Å². The molecule has 0 amide bonds. The highest BCUT2D eigenvalue weighted by Crippen LogP contribution is 2.26. The summed E-state index contributed by atoms with van der Waals surface area (Å²) in [7, 11) is 1.70. The smallest absolute Gasteiger partial charge is 0.153 e. The Morgan fingerprint density at radius 3 is 2.82 bits per heavy atom. The van der Waals surface area contributed by atoms with Crippen molar-refractivity contribution in [3.8, 4) is 11.4 Å². The van der Waals surface area contributed by atoms with Crippen LogP contribution in [0, 0.1) is 6.92 Å². The number of nitrogens with zero attached hydrogens (tertiary/aromatic N) is 4. The number of piperidine rings is 1. The monoisotopic (exact) mass is 378 g/mol. The molecule has 4 rings (SSSR count). The molecule has 0 spiro atoms. The van der Waals surface area contributed by atoms with Crippen molar-refractivity contribution in [2.75, 3.05) is 13.7 Å². The fraction of sp³-hybridized carbons (Fsp3) is 0.381. The molecule has 0 saturated carbocycles. The van der Waals surface area contributed by atoms with Gasteiger partial charge in [-0.05, 0) is 60.5 Å². The zero-order chi connectivity index (χ0) is 19.3. The summed E-state index contributed by atoms with van der Waals surface area (Å²) in [5.41, 5.74) is 3.35. The quantitative estimate of drug-likeness (QED) is 0.687. The van der Waals surface area contributed by atoms with Gasteiger partial charge in [0.1, 0.15) is 5.75 Å². The van der Waals surface area contributed by atoms with Crippen LogP contribution in [0.15, 0.2) is 48.5 Å². The Hall–Kier alpha value is -2.77. The summed E-state index contributed by atoms with van der Waals surface area (Å²) < 4.78 is 7.32. The van der Waals surface area contributed by atoms with Crippen molar-refractivity contribution in [1.82, 2.24) is 30.8 Å². The predicted molar refractivity (Wildman–Crippen MR) is 107 cm³/mol. The molecule has 28 heavy (non-hydrogen) atoms. The topological polar surface area (TPSA) is 76.9 Å². The SMILES string of the molecule is COc1ccc(-n2nnnc2C)cc1CN[C@@H]1CCCN[C@@H]1c1ccccc1. The largest absolute Gasteiger partial charge is 0.496 e. The van der Waals surface area contributed by atoms with Crippen LogP contribution in [0.5, 0.6) is 5.75 Å². The van der Waals surface area contributed by atoms with E-state index in [0.29, 0.717) is 18.6 Å². The average molecular weight is 378 g/mol. The van der Waals surface area contributed by atoms with E-state index in [4.69, 9.17) is 4.74 Å². The van der Waals surface area contributed by atoms with Gasteiger partial charge in [-0.1, -0.05) is 30.3 Å². The molecule has 1 aromatic heterocycles. The number of nitrogens with one attached hydrogen (secondary N) is 2. The molecule has 1 saturated heterocycles. The molecule has 0 bridgehead atoms. The predicted octanol–water partition coefficient (Wildman–Crippen LogP) is 2.56. The molecule has 2 N–H and O–H groups in total. The molecular weight excluding hydrogens is 352 g/mol. The second kappa shape index (κ2) is 8.50. The summed E-state index contributed by atoms with van der Waals surface area (Å²) in [5, 5.41) is 19.2. The highest BCUT2D eigenvalue weighted by Gasteiger charge is 2.25. The van der Waals surface area contributed by atoms with Crippen LogP contribution >= 0.6 is 0 Å². The minimum absolute atomic E-state index is 0.311. The fourth-order valence-corrected chi connectivity index (χ4v) is 3.87. The third-order valence-electron chi connectivity index (χ3n) is 5.31. The van der Waals surface area contributed by atoms with Gasteiger partial charge in [-0.3, -0.25) is 0 Å². The van der Waals surface area contributed by atoms with Crippen molar-refractivity contribution < 1.29 is 4.74 Å². The first-order valence-corrected chi connectivity index (χ1v) is 9.70. The van der Waals surface area contributed by atoms with E-state index < -0.39 is 0 Å². The molecule has 1 aliphatic rings. The van der Waals surface area contributed by atoms with Gasteiger partial charge in [0.2, 0.25) is 0 Å². The van der Waals surface area contributed by atoms with Crippen LogP contribution in [0.4, 0.5) is 0 Å². The molecule has 2 heterocycles. The molecule has 0 unspecified atom stereocenters. The van der Waals surface area contributed by atoms with Crippen LogP contribution in [0.2, 0.25) is 0 Å². The Balaban J connectivity index is 1.54. The minimum atomic E-state index is 0.311. The van der Waals surface area contributed by atoms with Crippen LogP contribution in [0.1, 0.15) is 35.8 Å². The van der Waals surface area contributed by atoms with Gasteiger partial charge < -0.3 is 15.4 Å². The molecule has 146 valence electrons. The van der Waals surface area contributed by atoms with Crippen molar-refractivity contribution in [1.29, 1.82) is 0 Å². The number of hydrogen-bond donors (Lipinski definition) is 2. The Bertz CT molecular complexity index is 910. The normalized spacial score (nSPS) is 19.5. The van der Waals surface area contributed by atoms with E-state index in [1.165, 1.54) is 12.0 Å². The van der Waals surface area contributed by atoms with Crippen molar-refractivity contribution in [3.63, 3.8) is 0 Å². The Morgan fingerprint density at radius 1 is 1.21 bits per heavy atom. The first kappa shape index (κ1) is 18.6. The lowest BCUT2D eigenvalue weighted by molar-refractivity contribution is 0.303. The van der Waals surface area contributed by atoms with Crippen molar-refractivity contribution in [2.45, 2.75) is 38.4 Å². The van der Waals surface area contributed by atoms with Gasteiger partial charge in [-0.2, -0.15) is 4.68 Å². The van der Waals surface area contributed by atoms with Gasteiger partial charge in [-0.15, -0.1) is 5.10 Å². The fourth-order valence-electron chi connectivity index (χ4n) is 3.87. The third kappa shape index (κ3) is 3.90. The lowest BCUT2D eigenvalue weighted by Gasteiger charge is -2.34. The van der Waals surface area contributed by atoms with Gasteiger partial charge in [0.15, 0.2) is 5.82 Å². The molecule has 3 aromatic rings. The summed E-state index contributed by atoms with van der Waals surface area (Å²) in [6.07, 6.45) is 2.31. The van der Waals surface area contributed by atoms with Crippen LogP contribution in [0.3, 0.4) is 0 Å². The molecular formula is C21H26N6O. The lowest BCUT2D eigenvalue weighted by Crippen LogP contribution is -2.45. The van der Waals surface area contributed by atoms with Crippen molar-refractivity contribution in [3.05, 3.63) is 65.5 Å². The summed E-state index contributed by atoms with van der Waals surface area (Å²) in [6.45, 7) is 3.66. The first-order chi connectivity index (χ1) is 13.8. The van der Waals surface area contributed by atoms with E-state index >= 15 is 0 Å². The standard InChI is InChI=1S/C21H26N6O/c1-15-24-25-26-27(15)18-10-11-20(28-2)17(13-18)14-23-19-9-6-12-22-21(19)16-7-4-3-5-8-16/h3-5,7-8,10-11,13,19,21-23H,6,9,12,14H2,1-2H3/t19-,21-/m1/s1. The molecule has 2 atom stereocenters. The molecule has 7 heteroatoms. The highest BCUT2D eigenvalue weighted by atomic mass is 16.5. The van der Waals surface area contributed by atoms with E-state index in [-0.39, 0.29) is 0 Å². The number of hydrogen-bond acceptors (Lipinski definition) is 6. The summed E-state index contributed by atoms with van der Waals surface area (Å²) in [6, 6.07) is 17.4. The van der Waals surface area contributed by atoms with E-state index in [1.807, 2.05) is 19.1 Å². The molecule has 7 nitrogen and oxygen atoms in total. The van der Waals surface area contributed by atoms with Crippen LogP contribution in [-0.2, 0) is 6.54 Å². The molecule has 0 aliphatic carbocycles. The lowest BCUT2D eigenvalue weighted by atomic mass is 9.92. The zero-order valence-corrected chi connectivity index (χ0v) is 16.3. The van der Waals surface area contributed by atoms with E-state index in [0.717, 1.165) is 35.8 Å². The van der Waals surface area contributed by atoms with E-state index in [9.17, 15) is 0 Å². The number of rotatable bonds is 6. The Kier molecular flexibility index (Phi) is 5.64. The summed E-state index contributed by atoms with van der Waals surface area (Å²) in [5.74, 6) is 1.62. The van der Waals surface area contributed by atoms with Crippen molar-refractivity contribution in [2.24, 2.45) is 0 Å². The molecule has 1 aliphatic heterocycles. The van der Waals surface area contributed by atoms with Crippen LogP contribution in [-0.4, -0.2) is 39.9 Å². The van der Waals surface area contributed by atoms with Crippen LogP contribution < -0.4 is 15.4 Å². The number of aromatic nitrogens is 4. The van der Waals surface area contributed by atoms with Crippen molar-refractivity contribution >= 4 is 0 Å². The van der Waals surface area contributed by atoms with Gasteiger partial charge in [0, 0.05) is 24.2 Å². The molecule has 0 radical (unpaired) electrons. The summed E-state index contributed by atoms with van der Waals surface area (Å²) >= 11 is 0. The number of methoxy groups -OCH3 is 1. The maximum Gasteiger partial charge on any atom is 0.153 e. The van der Waals surface area contributed by atoms with Gasteiger partial charge in [-0.25, -0.2) is 0 Å². The Morgan fingerprint density at radius 2 is 2.07 bits per heavy atom. The second-order valence-corrected chi connectivity index (χ2v) is 7.11. The zero-order valence-electron chi connectivity index (χ0n) is 16.3. The van der Waals surface area contributed by atoms with E-state index in [1.54, 1.807) is 11.8 Å². The van der Waals surface area contributed by atoms with Crippen LogP contribution in [0.25, 0.3) is 5.69 Å². The molecule has 2 aromatic carbocycles. The van der Waals surface area contributed by atoms with Gasteiger partial charge >= 0.3 is 0 Å². The Labute approximate surface area is 165 Å². The number of ether oxygens (including phenoxy) is 1. The number of aryl methyl sites for hydroxylation is 1. The highest BCUT2D eigenvalue weighted by molar-refractivity contribution is 5.44. The number of benzene rings is 2. The maximum absolute atomic E-state index is 5.58. The summed E-state index contributed by atoms with van der Waals surface area (Å²) in [4.78, 5) is 0. The second-order valence-electron chi connectivity index (χ2n) is 7.11. The van der Waals surface area contributed by atoms with E-state index in [2.05, 4.69) is 62.6 Å². The maximum atomic E-state index is 5.58.